The minimum absolute atomic E-state index is 0.0842. The molecule has 2 aromatic rings. The molecule has 0 spiro atoms. The van der Waals surface area contributed by atoms with E-state index in [0.717, 1.165) is 36.7 Å². The normalized spacial score (nSPS) is 20.0. The third-order valence-corrected chi connectivity index (χ3v) is 5.01. The third-order valence-electron chi connectivity index (χ3n) is 5.01. The summed E-state index contributed by atoms with van der Waals surface area (Å²) >= 11 is 0. The van der Waals surface area contributed by atoms with Gasteiger partial charge in [-0.15, -0.1) is 0 Å². The van der Waals surface area contributed by atoms with Gasteiger partial charge in [-0.3, -0.25) is 9.78 Å². The van der Waals surface area contributed by atoms with Crippen LogP contribution in [0.1, 0.15) is 46.5 Å². The molecule has 1 fully saturated rings. The van der Waals surface area contributed by atoms with Gasteiger partial charge in [0.1, 0.15) is 16.9 Å². The van der Waals surface area contributed by atoms with Gasteiger partial charge in [0.2, 0.25) is 0 Å². The number of pyridine rings is 2. The lowest BCUT2D eigenvalue weighted by molar-refractivity contribution is 0.0483. The number of nitrogens with zero attached hydrogens (tertiary/aromatic N) is 2. The number of carbonyl (C=O) groups excluding carboxylic acids is 1. The zero-order valence-corrected chi connectivity index (χ0v) is 17.0. The first kappa shape index (κ1) is 20.2. The summed E-state index contributed by atoms with van der Waals surface area (Å²) < 4.78 is 13.0. The Kier molecular flexibility index (Phi) is 5.91. The molecule has 1 saturated carbocycles. The molecule has 28 heavy (non-hydrogen) atoms. The fourth-order valence-electron chi connectivity index (χ4n) is 3.55. The molecule has 2 heterocycles. The molecular formula is C21H29N3O4. The summed E-state index contributed by atoms with van der Waals surface area (Å²) in [5.74, 6) is 1.10. The van der Waals surface area contributed by atoms with E-state index in [2.05, 4.69) is 10.3 Å². The molecule has 7 heteroatoms. The molecule has 152 valence electrons. The van der Waals surface area contributed by atoms with Gasteiger partial charge in [-0.25, -0.2) is 4.79 Å². The number of hydrogen-bond acceptors (Lipinski definition) is 5. The molecule has 0 atom stereocenters. The molecule has 1 N–H and O–H groups in total. The van der Waals surface area contributed by atoms with Gasteiger partial charge >= 0.3 is 6.09 Å². The molecule has 0 saturated heterocycles. The van der Waals surface area contributed by atoms with E-state index in [0.29, 0.717) is 18.3 Å². The van der Waals surface area contributed by atoms with Gasteiger partial charge in [0, 0.05) is 31.4 Å². The van der Waals surface area contributed by atoms with Crippen molar-refractivity contribution in [2.45, 2.75) is 58.1 Å². The zero-order valence-electron chi connectivity index (χ0n) is 17.0. The first-order valence-corrected chi connectivity index (χ1v) is 9.80. The summed E-state index contributed by atoms with van der Waals surface area (Å²) in [6.45, 7) is 6.17. The minimum Gasteiger partial charge on any atom is -0.491 e. The number of amides is 1. The number of carbonyl (C=O) groups is 1. The average molecular weight is 387 g/mol. The van der Waals surface area contributed by atoms with Crippen LogP contribution >= 0.6 is 0 Å². The lowest BCUT2D eigenvalue weighted by atomic mass is 9.86. The average Bonchev–Trinajstić information content (AvgIpc) is 2.62. The smallest absolute Gasteiger partial charge is 0.407 e. The molecule has 7 nitrogen and oxygen atoms in total. The minimum atomic E-state index is -0.484. The van der Waals surface area contributed by atoms with Crippen LogP contribution in [0.25, 0.3) is 11.0 Å². The van der Waals surface area contributed by atoms with Crippen LogP contribution in [0.4, 0.5) is 4.79 Å². The highest BCUT2D eigenvalue weighted by Crippen LogP contribution is 2.27. The number of nitrogens with one attached hydrogen (secondary N) is 1. The highest BCUT2D eigenvalue weighted by molar-refractivity contribution is 5.80. The topological polar surface area (TPSA) is 82.5 Å². The summed E-state index contributed by atoms with van der Waals surface area (Å²) in [5, 5.41) is 2.96. The van der Waals surface area contributed by atoms with Crippen LogP contribution in [0.15, 0.2) is 29.2 Å². The number of fused-ring (bicyclic) bond motifs is 1. The molecule has 0 aliphatic heterocycles. The SMILES string of the molecule is Cn1c(=O)ccc2nccc(OCC3CCC(NC(=O)OC(C)(C)C)CC3)c21. The second kappa shape index (κ2) is 8.20. The van der Waals surface area contributed by atoms with E-state index >= 15 is 0 Å². The summed E-state index contributed by atoms with van der Waals surface area (Å²) in [7, 11) is 1.73. The molecule has 1 amide bonds. The highest BCUT2D eigenvalue weighted by atomic mass is 16.6. The summed E-state index contributed by atoms with van der Waals surface area (Å²) in [4.78, 5) is 28.2. The van der Waals surface area contributed by atoms with E-state index in [1.165, 1.54) is 6.07 Å². The van der Waals surface area contributed by atoms with Crippen LogP contribution in [-0.4, -0.2) is 33.9 Å². The first-order valence-electron chi connectivity index (χ1n) is 9.80. The Bertz CT molecular complexity index is 893. The number of aromatic nitrogens is 2. The monoisotopic (exact) mass is 387 g/mol. The van der Waals surface area contributed by atoms with Gasteiger partial charge in [0.05, 0.1) is 12.1 Å². The van der Waals surface area contributed by atoms with Crippen molar-refractivity contribution in [2.24, 2.45) is 13.0 Å². The van der Waals surface area contributed by atoms with Crippen molar-refractivity contribution in [3.8, 4) is 5.75 Å². The number of ether oxygens (including phenoxy) is 2. The molecule has 0 unspecified atom stereocenters. The molecule has 2 aromatic heterocycles. The predicted octanol–water partition coefficient (Wildman–Crippen LogP) is 3.40. The maximum Gasteiger partial charge on any atom is 0.407 e. The maximum absolute atomic E-state index is 11.9. The van der Waals surface area contributed by atoms with Crippen LogP contribution in [0.3, 0.4) is 0 Å². The summed E-state index contributed by atoms with van der Waals surface area (Å²) in [6.07, 6.45) is 5.11. The lowest BCUT2D eigenvalue weighted by Gasteiger charge is -2.30. The van der Waals surface area contributed by atoms with E-state index in [9.17, 15) is 9.59 Å². The second-order valence-corrected chi connectivity index (χ2v) is 8.45. The van der Waals surface area contributed by atoms with Crippen LogP contribution in [0.5, 0.6) is 5.75 Å². The van der Waals surface area contributed by atoms with Crippen LogP contribution < -0.4 is 15.6 Å². The van der Waals surface area contributed by atoms with E-state index in [4.69, 9.17) is 9.47 Å². The standard InChI is InChI=1S/C21H29N3O4/c1-21(2,3)28-20(26)23-15-7-5-14(6-8-15)13-27-17-11-12-22-16-9-10-18(25)24(4)19(16)17/h9-12,14-15H,5-8,13H2,1-4H3,(H,23,26). The molecule has 1 aliphatic rings. The van der Waals surface area contributed by atoms with E-state index < -0.39 is 5.60 Å². The van der Waals surface area contributed by atoms with Gasteiger partial charge < -0.3 is 19.4 Å². The molecular weight excluding hydrogens is 358 g/mol. The van der Waals surface area contributed by atoms with Crippen LogP contribution in [-0.2, 0) is 11.8 Å². The van der Waals surface area contributed by atoms with E-state index in [1.54, 1.807) is 29.9 Å². The van der Waals surface area contributed by atoms with Gasteiger partial charge in [0.15, 0.2) is 0 Å². The van der Waals surface area contributed by atoms with Crippen LogP contribution in [0.2, 0.25) is 0 Å². The Morgan fingerprint density at radius 2 is 1.93 bits per heavy atom. The van der Waals surface area contributed by atoms with Gasteiger partial charge in [-0.1, -0.05) is 0 Å². The van der Waals surface area contributed by atoms with Crippen molar-refractivity contribution < 1.29 is 14.3 Å². The summed E-state index contributed by atoms with van der Waals surface area (Å²) in [6, 6.07) is 5.18. The Morgan fingerprint density at radius 3 is 2.61 bits per heavy atom. The number of rotatable bonds is 4. The quantitative estimate of drug-likeness (QED) is 0.869. The van der Waals surface area contributed by atoms with Crippen molar-refractivity contribution in [3.63, 3.8) is 0 Å². The Morgan fingerprint density at radius 1 is 1.21 bits per heavy atom. The van der Waals surface area contributed by atoms with E-state index in [1.807, 2.05) is 20.8 Å². The predicted molar refractivity (Wildman–Crippen MR) is 108 cm³/mol. The molecule has 0 radical (unpaired) electrons. The zero-order chi connectivity index (χ0) is 20.3. The van der Waals surface area contributed by atoms with E-state index in [-0.39, 0.29) is 17.7 Å². The van der Waals surface area contributed by atoms with Crippen LogP contribution in [0, 0.1) is 5.92 Å². The Balaban J connectivity index is 1.54. The maximum atomic E-state index is 11.9. The van der Waals surface area contributed by atoms with Crippen molar-refractivity contribution >= 4 is 17.1 Å². The Hall–Kier alpha value is -2.57. The van der Waals surface area contributed by atoms with Crippen molar-refractivity contribution in [2.75, 3.05) is 6.61 Å². The highest BCUT2D eigenvalue weighted by Gasteiger charge is 2.25. The largest absolute Gasteiger partial charge is 0.491 e. The lowest BCUT2D eigenvalue weighted by Crippen LogP contribution is -2.41. The molecule has 0 aromatic carbocycles. The molecule has 3 rings (SSSR count). The van der Waals surface area contributed by atoms with Crippen molar-refractivity contribution in [1.82, 2.24) is 14.9 Å². The number of hydrogen-bond donors (Lipinski definition) is 1. The first-order chi connectivity index (χ1) is 13.2. The number of alkyl carbamates (subject to hydrolysis) is 1. The van der Waals surface area contributed by atoms with Crippen molar-refractivity contribution in [3.05, 3.63) is 34.7 Å². The van der Waals surface area contributed by atoms with Crippen molar-refractivity contribution in [1.29, 1.82) is 0 Å². The Labute approximate surface area is 165 Å². The van der Waals surface area contributed by atoms with Gasteiger partial charge in [0.25, 0.3) is 5.56 Å². The summed E-state index contributed by atoms with van der Waals surface area (Å²) in [5.41, 5.74) is 0.891. The fourth-order valence-corrected chi connectivity index (χ4v) is 3.55. The van der Waals surface area contributed by atoms with Gasteiger partial charge in [-0.05, 0) is 58.4 Å². The third kappa shape index (κ3) is 5.03. The molecule has 1 aliphatic carbocycles. The van der Waals surface area contributed by atoms with Gasteiger partial charge in [-0.2, -0.15) is 0 Å². The number of aryl methyl sites for hydroxylation is 1. The molecule has 0 bridgehead atoms. The second-order valence-electron chi connectivity index (χ2n) is 8.45. The fraction of sp³-hybridized carbons (Fsp3) is 0.571.